The molecule has 6 nitrogen and oxygen atoms in total. The summed E-state index contributed by atoms with van der Waals surface area (Å²) in [5, 5.41) is 2.81. The molecule has 1 aromatic heterocycles. The highest BCUT2D eigenvalue weighted by Crippen LogP contribution is 2.05. The molecule has 18 heavy (non-hydrogen) atoms. The Morgan fingerprint density at radius 3 is 3.00 bits per heavy atom. The van der Waals surface area contributed by atoms with Crippen LogP contribution in [0.15, 0.2) is 18.3 Å². The molecule has 100 valence electrons. The predicted octanol–water partition coefficient (Wildman–Crippen LogP) is -0.0282. The number of hydrogen-bond donors (Lipinski definition) is 2. The van der Waals surface area contributed by atoms with Crippen molar-refractivity contribution in [3.63, 3.8) is 0 Å². The van der Waals surface area contributed by atoms with E-state index in [2.05, 4.69) is 15.2 Å². The summed E-state index contributed by atoms with van der Waals surface area (Å²) in [5.41, 5.74) is 6.03. The average Bonchev–Trinajstić information content (AvgIpc) is 2.36. The number of aromatic nitrogens is 1. The monoisotopic (exact) mass is 252 g/mol. The summed E-state index contributed by atoms with van der Waals surface area (Å²) in [5.74, 6) is 0.0588. The number of anilines is 1. The number of nitrogens with zero attached hydrogens (tertiary/aromatic N) is 2. The van der Waals surface area contributed by atoms with Crippen LogP contribution in [0, 0.1) is 0 Å². The summed E-state index contributed by atoms with van der Waals surface area (Å²) in [6.07, 6.45) is 1.56. The molecule has 0 saturated heterocycles. The zero-order valence-corrected chi connectivity index (χ0v) is 10.8. The van der Waals surface area contributed by atoms with Gasteiger partial charge < -0.3 is 20.7 Å². The van der Waals surface area contributed by atoms with E-state index < -0.39 is 0 Å². The van der Waals surface area contributed by atoms with Gasteiger partial charge in [0.05, 0.1) is 12.2 Å². The molecule has 0 aliphatic rings. The first-order valence-electron chi connectivity index (χ1n) is 5.81. The molecule has 0 saturated carbocycles. The van der Waals surface area contributed by atoms with Crippen LogP contribution in [-0.4, -0.2) is 56.2 Å². The number of carbonyl (C=O) groups is 1. The lowest BCUT2D eigenvalue weighted by Crippen LogP contribution is -2.34. The number of rotatable bonds is 7. The third-order valence-corrected chi connectivity index (χ3v) is 2.54. The molecule has 1 rings (SSSR count). The first-order chi connectivity index (χ1) is 8.65. The van der Waals surface area contributed by atoms with E-state index >= 15 is 0 Å². The molecule has 0 bridgehead atoms. The number of amides is 1. The molecule has 3 N–H and O–H groups in total. The SMILES string of the molecule is COCCN(C)CCNC(=O)c1cccnc1N. The lowest BCUT2D eigenvalue weighted by atomic mass is 10.2. The number of hydrogen-bond acceptors (Lipinski definition) is 5. The van der Waals surface area contributed by atoms with Gasteiger partial charge in [0, 0.05) is 32.9 Å². The van der Waals surface area contributed by atoms with Crippen molar-refractivity contribution in [3.8, 4) is 0 Å². The smallest absolute Gasteiger partial charge is 0.255 e. The Morgan fingerprint density at radius 2 is 2.33 bits per heavy atom. The number of pyridine rings is 1. The van der Waals surface area contributed by atoms with Crippen molar-refractivity contribution in [2.45, 2.75) is 0 Å². The fourth-order valence-corrected chi connectivity index (χ4v) is 1.42. The molecule has 0 aliphatic heterocycles. The van der Waals surface area contributed by atoms with Crippen LogP contribution in [0.5, 0.6) is 0 Å². The van der Waals surface area contributed by atoms with E-state index in [4.69, 9.17) is 10.5 Å². The lowest BCUT2D eigenvalue weighted by Gasteiger charge is -2.16. The number of methoxy groups -OCH3 is 1. The third-order valence-electron chi connectivity index (χ3n) is 2.54. The van der Waals surface area contributed by atoms with E-state index in [1.54, 1.807) is 25.4 Å². The van der Waals surface area contributed by atoms with Crippen molar-refractivity contribution < 1.29 is 9.53 Å². The van der Waals surface area contributed by atoms with E-state index in [0.717, 1.165) is 13.1 Å². The minimum absolute atomic E-state index is 0.194. The molecule has 0 fully saturated rings. The zero-order valence-electron chi connectivity index (χ0n) is 10.8. The number of ether oxygens (including phenoxy) is 1. The Balaban J connectivity index is 2.32. The summed E-state index contributed by atoms with van der Waals surface area (Å²) in [7, 11) is 3.64. The van der Waals surface area contributed by atoms with Crippen LogP contribution >= 0.6 is 0 Å². The van der Waals surface area contributed by atoms with E-state index in [9.17, 15) is 4.79 Å². The van der Waals surface area contributed by atoms with E-state index in [1.807, 2.05) is 7.05 Å². The number of nitrogens with two attached hydrogens (primary N) is 1. The Morgan fingerprint density at radius 1 is 1.56 bits per heavy atom. The van der Waals surface area contributed by atoms with Crippen LogP contribution in [0.2, 0.25) is 0 Å². The van der Waals surface area contributed by atoms with Gasteiger partial charge in [0.2, 0.25) is 0 Å². The number of nitrogens with one attached hydrogen (secondary N) is 1. The van der Waals surface area contributed by atoms with Gasteiger partial charge in [-0.25, -0.2) is 4.98 Å². The van der Waals surface area contributed by atoms with Gasteiger partial charge in [-0.05, 0) is 19.2 Å². The molecule has 0 aliphatic carbocycles. The van der Waals surface area contributed by atoms with Crippen molar-refractivity contribution in [1.82, 2.24) is 15.2 Å². The van der Waals surface area contributed by atoms with Crippen molar-refractivity contribution >= 4 is 11.7 Å². The highest BCUT2D eigenvalue weighted by molar-refractivity contribution is 5.98. The van der Waals surface area contributed by atoms with Crippen LogP contribution in [0.3, 0.4) is 0 Å². The van der Waals surface area contributed by atoms with E-state index in [0.29, 0.717) is 18.7 Å². The van der Waals surface area contributed by atoms with Crippen LogP contribution in [-0.2, 0) is 4.74 Å². The Bertz CT molecular complexity index is 384. The van der Waals surface area contributed by atoms with Gasteiger partial charge in [0.1, 0.15) is 5.82 Å². The fraction of sp³-hybridized carbons (Fsp3) is 0.500. The maximum absolute atomic E-state index is 11.8. The summed E-state index contributed by atoms with van der Waals surface area (Å²) < 4.78 is 4.97. The minimum atomic E-state index is -0.194. The highest BCUT2D eigenvalue weighted by atomic mass is 16.5. The van der Waals surface area contributed by atoms with Gasteiger partial charge in [-0.2, -0.15) is 0 Å². The number of nitrogen functional groups attached to an aromatic ring is 1. The topological polar surface area (TPSA) is 80.5 Å². The Kier molecular flexibility index (Phi) is 6.10. The molecule has 1 aromatic rings. The van der Waals surface area contributed by atoms with Crippen molar-refractivity contribution in [2.75, 3.05) is 46.1 Å². The maximum Gasteiger partial charge on any atom is 0.255 e. The second kappa shape index (κ2) is 7.62. The Hall–Kier alpha value is -1.66. The summed E-state index contributed by atoms with van der Waals surface area (Å²) in [6.45, 7) is 2.84. The summed E-state index contributed by atoms with van der Waals surface area (Å²) in [6, 6.07) is 3.35. The predicted molar refractivity (Wildman–Crippen MR) is 70.4 cm³/mol. The first kappa shape index (κ1) is 14.4. The highest BCUT2D eigenvalue weighted by Gasteiger charge is 2.09. The van der Waals surface area contributed by atoms with Gasteiger partial charge in [0.15, 0.2) is 0 Å². The average molecular weight is 252 g/mol. The number of likely N-dealkylation sites (N-methyl/N-ethyl adjacent to an activating group) is 1. The fourth-order valence-electron chi connectivity index (χ4n) is 1.42. The summed E-state index contributed by atoms with van der Waals surface area (Å²) >= 11 is 0. The molecular formula is C12H20N4O2. The molecule has 1 heterocycles. The zero-order chi connectivity index (χ0) is 13.4. The van der Waals surface area contributed by atoms with Crippen molar-refractivity contribution in [2.24, 2.45) is 0 Å². The molecule has 1 amide bonds. The molecule has 6 heteroatoms. The third kappa shape index (κ3) is 4.68. The van der Waals surface area contributed by atoms with Gasteiger partial charge >= 0.3 is 0 Å². The van der Waals surface area contributed by atoms with Gasteiger partial charge in [-0.15, -0.1) is 0 Å². The van der Waals surface area contributed by atoms with Crippen molar-refractivity contribution in [3.05, 3.63) is 23.9 Å². The van der Waals surface area contributed by atoms with Gasteiger partial charge in [-0.1, -0.05) is 0 Å². The van der Waals surface area contributed by atoms with Crippen molar-refractivity contribution in [1.29, 1.82) is 0 Å². The lowest BCUT2D eigenvalue weighted by molar-refractivity contribution is 0.0948. The molecule has 0 spiro atoms. The van der Waals surface area contributed by atoms with E-state index in [1.165, 1.54) is 0 Å². The second-order valence-electron chi connectivity index (χ2n) is 3.99. The van der Waals surface area contributed by atoms with Crippen LogP contribution in [0.1, 0.15) is 10.4 Å². The van der Waals surface area contributed by atoms with Gasteiger partial charge in [0.25, 0.3) is 5.91 Å². The van der Waals surface area contributed by atoms with Gasteiger partial charge in [-0.3, -0.25) is 4.79 Å². The molecule has 0 unspecified atom stereocenters. The Labute approximate surface area is 107 Å². The second-order valence-corrected chi connectivity index (χ2v) is 3.99. The van der Waals surface area contributed by atoms with E-state index in [-0.39, 0.29) is 11.7 Å². The molecule has 0 radical (unpaired) electrons. The largest absolute Gasteiger partial charge is 0.383 e. The molecular weight excluding hydrogens is 232 g/mol. The van der Waals surface area contributed by atoms with Crippen LogP contribution in [0.25, 0.3) is 0 Å². The van der Waals surface area contributed by atoms with Crippen LogP contribution in [0.4, 0.5) is 5.82 Å². The minimum Gasteiger partial charge on any atom is -0.383 e. The van der Waals surface area contributed by atoms with Crippen LogP contribution < -0.4 is 11.1 Å². The molecule has 0 aromatic carbocycles. The standard InChI is InChI=1S/C12H20N4O2/c1-16(8-9-18-2)7-6-15-12(17)10-4-3-5-14-11(10)13/h3-5H,6-9H2,1-2H3,(H2,13,14)(H,15,17). The molecule has 0 atom stereocenters. The first-order valence-corrected chi connectivity index (χ1v) is 5.81. The number of carbonyl (C=O) groups excluding carboxylic acids is 1. The normalized spacial score (nSPS) is 10.6. The quantitative estimate of drug-likeness (QED) is 0.712. The summed E-state index contributed by atoms with van der Waals surface area (Å²) in [4.78, 5) is 17.7. The maximum atomic E-state index is 11.8.